The number of hydrogen-bond donors (Lipinski definition) is 1. The summed E-state index contributed by atoms with van der Waals surface area (Å²) in [5, 5.41) is 5.29. The van der Waals surface area contributed by atoms with Gasteiger partial charge in [0.25, 0.3) is 0 Å². The van der Waals surface area contributed by atoms with Crippen LogP contribution >= 0.6 is 11.3 Å². The van der Waals surface area contributed by atoms with Crippen LogP contribution in [0, 0.1) is 0 Å². The van der Waals surface area contributed by atoms with E-state index >= 15 is 0 Å². The summed E-state index contributed by atoms with van der Waals surface area (Å²) >= 11 is 1.50. The average molecular weight is 243 g/mol. The summed E-state index contributed by atoms with van der Waals surface area (Å²) in [4.78, 5) is 13.0. The third-order valence-corrected chi connectivity index (χ3v) is 3.92. The maximum Gasteiger partial charge on any atom is 0.202 e. The molecule has 1 aliphatic rings. The molecule has 0 amide bonds. The Labute approximate surface area is 104 Å². The maximum absolute atomic E-state index is 12.2. The quantitative estimate of drug-likeness (QED) is 0.820. The van der Waals surface area contributed by atoms with E-state index in [1.165, 1.54) is 22.6 Å². The maximum atomic E-state index is 12.2. The number of anilines is 1. The third-order valence-electron chi connectivity index (χ3n) is 3.05. The highest BCUT2D eigenvalue weighted by atomic mass is 32.1. The molecule has 0 atom stereocenters. The second kappa shape index (κ2) is 4.34. The predicted molar refractivity (Wildman–Crippen MR) is 71.0 cm³/mol. The van der Waals surface area contributed by atoms with Crippen LogP contribution in [0.4, 0.5) is 5.69 Å². The first kappa shape index (κ1) is 10.5. The van der Waals surface area contributed by atoms with Crippen LogP contribution in [0.15, 0.2) is 35.7 Å². The Morgan fingerprint density at radius 3 is 3.06 bits per heavy atom. The molecule has 2 heterocycles. The van der Waals surface area contributed by atoms with E-state index in [4.69, 9.17) is 0 Å². The molecule has 86 valence electrons. The Kier molecular flexibility index (Phi) is 2.69. The molecule has 0 bridgehead atoms. The van der Waals surface area contributed by atoms with Crippen LogP contribution in [0.3, 0.4) is 0 Å². The Morgan fingerprint density at radius 1 is 1.29 bits per heavy atom. The van der Waals surface area contributed by atoms with Crippen molar-refractivity contribution in [2.24, 2.45) is 0 Å². The molecule has 3 heteroatoms. The van der Waals surface area contributed by atoms with E-state index in [0.29, 0.717) is 0 Å². The van der Waals surface area contributed by atoms with Gasteiger partial charge in [-0.1, -0.05) is 6.07 Å². The van der Waals surface area contributed by atoms with Crippen molar-refractivity contribution >= 4 is 22.8 Å². The number of hydrogen-bond acceptors (Lipinski definition) is 3. The first-order chi connectivity index (χ1) is 8.34. The zero-order chi connectivity index (χ0) is 11.7. The molecular formula is C14H13NOS. The third kappa shape index (κ3) is 1.98. The number of thiophene rings is 1. The Balaban J connectivity index is 1.96. The molecule has 0 saturated carbocycles. The fourth-order valence-corrected chi connectivity index (χ4v) is 2.85. The van der Waals surface area contributed by atoms with Crippen molar-refractivity contribution in [3.8, 4) is 0 Å². The lowest BCUT2D eigenvalue weighted by molar-refractivity contribution is 0.104. The number of aryl methyl sites for hydroxylation is 1. The Hall–Kier alpha value is -1.61. The van der Waals surface area contributed by atoms with E-state index in [1.54, 1.807) is 0 Å². The minimum atomic E-state index is 0.133. The van der Waals surface area contributed by atoms with Gasteiger partial charge in [0, 0.05) is 17.8 Å². The van der Waals surface area contributed by atoms with Crippen molar-refractivity contribution in [1.82, 2.24) is 0 Å². The van der Waals surface area contributed by atoms with Crippen molar-refractivity contribution in [3.63, 3.8) is 0 Å². The van der Waals surface area contributed by atoms with Crippen LogP contribution in [0.1, 0.15) is 27.2 Å². The van der Waals surface area contributed by atoms with Gasteiger partial charge in [0.05, 0.1) is 4.88 Å². The molecule has 1 aliphatic heterocycles. The molecule has 3 rings (SSSR count). The molecule has 0 spiro atoms. The van der Waals surface area contributed by atoms with E-state index < -0.39 is 0 Å². The summed E-state index contributed by atoms with van der Waals surface area (Å²) in [5.41, 5.74) is 3.24. The van der Waals surface area contributed by atoms with E-state index in [1.807, 2.05) is 35.7 Å². The minimum Gasteiger partial charge on any atom is -0.385 e. The fourth-order valence-electron chi connectivity index (χ4n) is 2.17. The van der Waals surface area contributed by atoms with Gasteiger partial charge in [-0.2, -0.15) is 0 Å². The van der Waals surface area contributed by atoms with Crippen LogP contribution in [-0.4, -0.2) is 12.3 Å². The highest BCUT2D eigenvalue weighted by molar-refractivity contribution is 7.12. The molecule has 1 N–H and O–H groups in total. The van der Waals surface area contributed by atoms with E-state index in [0.717, 1.165) is 29.8 Å². The molecule has 0 aliphatic carbocycles. The second-order valence-corrected chi connectivity index (χ2v) is 5.16. The van der Waals surface area contributed by atoms with Gasteiger partial charge in [0.1, 0.15) is 0 Å². The van der Waals surface area contributed by atoms with Crippen LogP contribution in [0.5, 0.6) is 0 Å². The number of nitrogens with one attached hydrogen (secondary N) is 1. The molecule has 1 aromatic heterocycles. The van der Waals surface area contributed by atoms with Crippen LogP contribution < -0.4 is 5.32 Å². The normalized spacial score (nSPS) is 13.9. The highest BCUT2D eigenvalue weighted by Crippen LogP contribution is 2.24. The van der Waals surface area contributed by atoms with Gasteiger partial charge < -0.3 is 5.32 Å². The van der Waals surface area contributed by atoms with Gasteiger partial charge in [-0.25, -0.2) is 0 Å². The number of benzene rings is 1. The summed E-state index contributed by atoms with van der Waals surface area (Å²) in [6.45, 7) is 1.03. The standard InChI is InChI=1S/C14H13NOS/c16-14(13-4-2-8-17-13)11-5-6-12-10(9-11)3-1-7-15-12/h2,4-6,8-9,15H,1,3,7H2. The number of carbonyl (C=O) groups excluding carboxylic acids is 1. The fraction of sp³-hybridized carbons (Fsp3) is 0.214. The topological polar surface area (TPSA) is 29.1 Å². The Morgan fingerprint density at radius 2 is 2.24 bits per heavy atom. The molecule has 0 radical (unpaired) electrons. The monoisotopic (exact) mass is 243 g/mol. The minimum absolute atomic E-state index is 0.133. The molecule has 17 heavy (non-hydrogen) atoms. The van der Waals surface area contributed by atoms with E-state index in [-0.39, 0.29) is 5.78 Å². The molecule has 0 saturated heterocycles. The molecule has 0 unspecified atom stereocenters. The lowest BCUT2D eigenvalue weighted by Gasteiger charge is -2.18. The molecule has 2 aromatic rings. The van der Waals surface area contributed by atoms with Crippen LogP contribution in [0.25, 0.3) is 0 Å². The van der Waals surface area contributed by atoms with E-state index in [9.17, 15) is 4.79 Å². The van der Waals surface area contributed by atoms with Gasteiger partial charge in [-0.15, -0.1) is 11.3 Å². The highest BCUT2D eigenvalue weighted by Gasteiger charge is 2.14. The molecule has 2 nitrogen and oxygen atoms in total. The SMILES string of the molecule is O=C(c1ccc2c(c1)CCCN2)c1cccs1. The van der Waals surface area contributed by atoms with Gasteiger partial charge in [0.2, 0.25) is 5.78 Å². The summed E-state index contributed by atoms with van der Waals surface area (Å²) in [6, 6.07) is 9.76. The zero-order valence-corrected chi connectivity index (χ0v) is 10.2. The van der Waals surface area contributed by atoms with Crippen molar-refractivity contribution in [1.29, 1.82) is 0 Å². The summed E-state index contributed by atoms with van der Waals surface area (Å²) < 4.78 is 0. The smallest absolute Gasteiger partial charge is 0.202 e. The molecule has 0 fully saturated rings. The van der Waals surface area contributed by atoms with Crippen LogP contribution in [0.2, 0.25) is 0 Å². The second-order valence-electron chi connectivity index (χ2n) is 4.21. The lowest BCUT2D eigenvalue weighted by Crippen LogP contribution is -2.12. The zero-order valence-electron chi connectivity index (χ0n) is 9.40. The molecular weight excluding hydrogens is 230 g/mol. The largest absolute Gasteiger partial charge is 0.385 e. The summed E-state index contributed by atoms with van der Waals surface area (Å²) in [7, 11) is 0. The van der Waals surface area contributed by atoms with Crippen molar-refractivity contribution in [2.75, 3.05) is 11.9 Å². The summed E-state index contributed by atoms with van der Waals surface area (Å²) in [6.07, 6.45) is 2.21. The van der Waals surface area contributed by atoms with Gasteiger partial charge in [-0.05, 0) is 48.1 Å². The number of carbonyl (C=O) groups is 1. The van der Waals surface area contributed by atoms with Gasteiger partial charge in [0.15, 0.2) is 0 Å². The number of rotatable bonds is 2. The van der Waals surface area contributed by atoms with Gasteiger partial charge >= 0.3 is 0 Å². The number of fused-ring (bicyclic) bond motifs is 1. The molecule has 1 aromatic carbocycles. The first-order valence-electron chi connectivity index (χ1n) is 5.79. The van der Waals surface area contributed by atoms with Crippen molar-refractivity contribution in [2.45, 2.75) is 12.8 Å². The first-order valence-corrected chi connectivity index (χ1v) is 6.67. The summed E-state index contributed by atoms with van der Waals surface area (Å²) in [5.74, 6) is 0.133. The van der Waals surface area contributed by atoms with Crippen molar-refractivity contribution in [3.05, 3.63) is 51.7 Å². The lowest BCUT2D eigenvalue weighted by atomic mass is 9.99. The average Bonchev–Trinajstić information content (AvgIpc) is 2.91. The predicted octanol–water partition coefficient (Wildman–Crippen LogP) is 3.34. The van der Waals surface area contributed by atoms with Crippen molar-refractivity contribution < 1.29 is 4.79 Å². The number of ketones is 1. The van der Waals surface area contributed by atoms with Gasteiger partial charge in [-0.3, -0.25) is 4.79 Å². The van der Waals surface area contributed by atoms with E-state index in [2.05, 4.69) is 5.32 Å². The Bertz CT molecular complexity index is 545. The van der Waals surface area contributed by atoms with Crippen LogP contribution in [-0.2, 0) is 6.42 Å².